The van der Waals surface area contributed by atoms with Crippen molar-refractivity contribution >= 4 is 5.69 Å². The Labute approximate surface area is 116 Å². The highest BCUT2D eigenvalue weighted by Gasteiger charge is 2.18. The summed E-state index contributed by atoms with van der Waals surface area (Å²) in [5.74, 6) is 1.81. The summed E-state index contributed by atoms with van der Waals surface area (Å²) in [5, 5.41) is 0. The average Bonchev–Trinajstić information content (AvgIpc) is 2.71. The van der Waals surface area contributed by atoms with Gasteiger partial charge < -0.3 is 15.4 Å². The molecule has 0 radical (unpaired) electrons. The molecule has 0 aliphatic carbocycles. The van der Waals surface area contributed by atoms with Gasteiger partial charge in [0.1, 0.15) is 5.75 Å². The van der Waals surface area contributed by atoms with Crippen LogP contribution in [0.2, 0.25) is 0 Å². The van der Waals surface area contributed by atoms with Gasteiger partial charge in [-0.25, -0.2) is 0 Å². The highest BCUT2D eigenvalue weighted by molar-refractivity contribution is 5.57. The van der Waals surface area contributed by atoms with E-state index in [1.165, 1.54) is 36.9 Å². The van der Waals surface area contributed by atoms with Gasteiger partial charge in [-0.15, -0.1) is 0 Å². The molecule has 0 amide bonds. The van der Waals surface area contributed by atoms with Gasteiger partial charge in [0.05, 0.1) is 7.11 Å². The van der Waals surface area contributed by atoms with Gasteiger partial charge >= 0.3 is 0 Å². The predicted molar refractivity (Wildman–Crippen MR) is 80.7 cm³/mol. The summed E-state index contributed by atoms with van der Waals surface area (Å²) in [6.07, 6.45) is 5.22. The van der Waals surface area contributed by atoms with E-state index in [9.17, 15) is 0 Å². The van der Waals surface area contributed by atoms with Crippen molar-refractivity contribution in [1.29, 1.82) is 0 Å². The second-order valence-corrected chi connectivity index (χ2v) is 5.39. The van der Waals surface area contributed by atoms with Crippen LogP contribution in [0.4, 0.5) is 5.69 Å². The van der Waals surface area contributed by atoms with Crippen LogP contribution in [-0.4, -0.2) is 20.2 Å². The van der Waals surface area contributed by atoms with Gasteiger partial charge in [0, 0.05) is 31.4 Å². The maximum absolute atomic E-state index is 5.87. The number of methoxy groups -OCH3 is 1. The van der Waals surface area contributed by atoms with Crippen LogP contribution in [0.15, 0.2) is 18.2 Å². The van der Waals surface area contributed by atoms with Crippen LogP contribution in [0.3, 0.4) is 0 Å². The third kappa shape index (κ3) is 3.41. The quantitative estimate of drug-likeness (QED) is 0.905. The SMILES string of the molecule is CCC1CCCN(c2cc(OC)ccc2CN)CC1. The Hall–Kier alpha value is -1.22. The monoisotopic (exact) mass is 262 g/mol. The second-order valence-electron chi connectivity index (χ2n) is 5.39. The molecule has 0 saturated carbocycles. The van der Waals surface area contributed by atoms with Gasteiger partial charge in [-0.1, -0.05) is 19.4 Å². The van der Waals surface area contributed by atoms with Crippen molar-refractivity contribution < 1.29 is 4.74 Å². The molecule has 0 bridgehead atoms. The van der Waals surface area contributed by atoms with Crippen molar-refractivity contribution in [2.75, 3.05) is 25.1 Å². The number of ether oxygens (including phenoxy) is 1. The number of nitrogens with two attached hydrogens (primary N) is 1. The fourth-order valence-electron chi connectivity index (χ4n) is 2.95. The Kier molecular flexibility index (Phi) is 5.08. The lowest BCUT2D eigenvalue weighted by molar-refractivity contribution is 0.414. The third-order valence-corrected chi connectivity index (χ3v) is 4.28. The highest BCUT2D eigenvalue weighted by Crippen LogP contribution is 2.29. The maximum atomic E-state index is 5.87. The lowest BCUT2D eigenvalue weighted by Crippen LogP contribution is -2.26. The van der Waals surface area contributed by atoms with Crippen LogP contribution < -0.4 is 15.4 Å². The minimum absolute atomic E-state index is 0.590. The van der Waals surface area contributed by atoms with Crippen LogP contribution >= 0.6 is 0 Å². The van der Waals surface area contributed by atoms with Crippen molar-refractivity contribution in [3.05, 3.63) is 23.8 Å². The molecule has 0 spiro atoms. The molecule has 1 aliphatic heterocycles. The van der Waals surface area contributed by atoms with E-state index in [4.69, 9.17) is 10.5 Å². The first-order chi connectivity index (χ1) is 9.28. The average molecular weight is 262 g/mol. The van der Waals surface area contributed by atoms with E-state index < -0.39 is 0 Å². The lowest BCUT2D eigenvalue weighted by atomic mass is 9.98. The van der Waals surface area contributed by atoms with Crippen molar-refractivity contribution in [2.24, 2.45) is 11.7 Å². The molecule has 1 aromatic rings. The van der Waals surface area contributed by atoms with E-state index in [-0.39, 0.29) is 0 Å². The normalized spacial score (nSPS) is 20.2. The van der Waals surface area contributed by atoms with Crippen LogP contribution in [0.5, 0.6) is 5.75 Å². The van der Waals surface area contributed by atoms with Crippen LogP contribution in [0.25, 0.3) is 0 Å². The van der Waals surface area contributed by atoms with Gasteiger partial charge in [0.25, 0.3) is 0 Å². The first kappa shape index (κ1) is 14.2. The molecule has 1 aliphatic rings. The molecular formula is C16H26N2O. The first-order valence-electron chi connectivity index (χ1n) is 7.40. The summed E-state index contributed by atoms with van der Waals surface area (Å²) < 4.78 is 5.35. The fourth-order valence-corrected chi connectivity index (χ4v) is 2.95. The third-order valence-electron chi connectivity index (χ3n) is 4.28. The summed E-state index contributed by atoms with van der Waals surface area (Å²) in [7, 11) is 1.72. The Bertz CT molecular complexity index is 406. The molecule has 0 aromatic heterocycles. The standard InChI is InChI=1S/C16H26N2O/c1-3-13-5-4-9-18(10-8-13)16-11-15(19-2)7-6-14(16)12-17/h6-7,11,13H,3-5,8-10,12,17H2,1-2H3. The molecule has 1 unspecified atom stereocenters. The van der Waals surface area contributed by atoms with Crippen molar-refractivity contribution in [1.82, 2.24) is 0 Å². The number of hydrogen-bond donors (Lipinski definition) is 1. The Morgan fingerprint density at radius 2 is 2.16 bits per heavy atom. The van der Waals surface area contributed by atoms with Crippen LogP contribution in [0, 0.1) is 5.92 Å². The summed E-state index contributed by atoms with van der Waals surface area (Å²) in [6.45, 7) is 5.17. The number of anilines is 1. The van der Waals surface area contributed by atoms with E-state index in [0.717, 1.165) is 24.8 Å². The first-order valence-corrected chi connectivity index (χ1v) is 7.40. The lowest BCUT2D eigenvalue weighted by Gasteiger charge is -2.26. The summed E-state index contributed by atoms with van der Waals surface area (Å²) >= 11 is 0. The van der Waals surface area contributed by atoms with Crippen molar-refractivity contribution in [3.8, 4) is 5.75 Å². The van der Waals surface area contributed by atoms with Crippen molar-refractivity contribution in [3.63, 3.8) is 0 Å². The van der Waals surface area contributed by atoms with Crippen LogP contribution in [0.1, 0.15) is 38.2 Å². The minimum atomic E-state index is 0.590. The molecule has 1 fully saturated rings. The molecule has 2 N–H and O–H groups in total. The fraction of sp³-hybridized carbons (Fsp3) is 0.625. The summed E-state index contributed by atoms with van der Waals surface area (Å²) in [6, 6.07) is 6.23. The molecule has 19 heavy (non-hydrogen) atoms. The largest absolute Gasteiger partial charge is 0.497 e. The van der Waals surface area contributed by atoms with Crippen LogP contribution in [-0.2, 0) is 6.54 Å². The smallest absolute Gasteiger partial charge is 0.120 e. The van der Waals surface area contributed by atoms with Gasteiger partial charge in [-0.05, 0) is 36.8 Å². The van der Waals surface area contributed by atoms with E-state index in [0.29, 0.717) is 6.54 Å². The second kappa shape index (κ2) is 6.80. The zero-order valence-electron chi connectivity index (χ0n) is 12.2. The molecule has 106 valence electrons. The molecule has 1 atom stereocenters. The Morgan fingerprint density at radius 1 is 1.32 bits per heavy atom. The van der Waals surface area contributed by atoms with E-state index in [2.05, 4.69) is 24.0 Å². The molecule has 3 heteroatoms. The molecule has 1 aromatic carbocycles. The van der Waals surface area contributed by atoms with Gasteiger partial charge in [0.2, 0.25) is 0 Å². The summed E-state index contributed by atoms with van der Waals surface area (Å²) in [5.41, 5.74) is 8.35. The Balaban J connectivity index is 2.19. The minimum Gasteiger partial charge on any atom is -0.497 e. The van der Waals surface area contributed by atoms with E-state index in [1.54, 1.807) is 7.11 Å². The Morgan fingerprint density at radius 3 is 2.84 bits per heavy atom. The molecule has 2 rings (SSSR count). The summed E-state index contributed by atoms with van der Waals surface area (Å²) in [4.78, 5) is 2.49. The zero-order chi connectivity index (χ0) is 13.7. The van der Waals surface area contributed by atoms with Gasteiger partial charge in [-0.3, -0.25) is 0 Å². The maximum Gasteiger partial charge on any atom is 0.120 e. The predicted octanol–water partition coefficient (Wildman–Crippen LogP) is 3.17. The highest BCUT2D eigenvalue weighted by atomic mass is 16.5. The van der Waals surface area contributed by atoms with Gasteiger partial charge in [0.15, 0.2) is 0 Å². The molecule has 1 saturated heterocycles. The van der Waals surface area contributed by atoms with Crippen molar-refractivity contribution in [2.45, 2.75) is 39.2 Å². The van der Waals surface area contributed by atoms with Gasteiger partial charge in [-0.2, -0.15) is 0 Å². The topological polar surface area (TPSA) is 38.5 Å². The number of nitrogens with zero attached hydrogens (tertiary/aromatic N) is 1. The number of hydrogen-bond acceptors (Lipinski definition) is 3. The number of rotatable bonds is 4. The van der Waals surface area contributed by atoms with E-state index in [1.807, 2.05) is 6.07 Å². The van der Waals surface area contributed by atoms with E-state index >= 15 is 0 Å². The molecule has 3 nitrogen and oxygen atoms in total. The number of benzene rings is 1. The molecule has 1 heterocycles. The molecular weight excluding hydrogens is 236 g/mol. The zero-order valence-corrected chi connectivity index (χ0v) is 12.2.